The van der Waals surface area contributed by atoms with Crippen LogP contribution in [0.25, 0.3) is 11.3 Å². The van der Waals surface area contributed by atoms with Gasteiger partial charge in [0.05, 0.1) is 5.69 Å². The number of nitrogens with zero attached hydrogens (tertiary/aromatic N) is 1. The first-order valence-corrected chi connectivity index (χ1v) is 9.54. The number of carbonyl (C=O) groups is 2. The zero-order chi connectivity index (χ0) is 18.9. The summed E-state index contributed by atoms with van der Waals surface area (Å²) in [5, 5.41) is 8.09. The van der Waals surface area contributed by atoms with E-state index in [9.17, 15) is 9.59 Å². The summed E-state index contributed by atoms with van der Waals surface area (Å²) in [6.45, 7) is 4.11. The molecule has 0 saturated heterocycles. The monoisotopic (exact) mass is 375 g/mol. The van der Waals surface area contributed by atoms with Gasteiger partial charge in [0.2, 0.25) is 5.91 Å². The van der Waals surface area contributed by atoms with Gasteiger partial charge >= 0.3 is 0 Å². The Bertz CT molecular complexity index is 724. The molecule has 26 heavy (non-hydrogen) atoms. The molecule has 0 bridgehead atoms. The van der Waals surface area contributed by atoms with Crippen LogP contribution in [0.5, 0.6) is 0 Å². The lowest BCUT2D eigenvalue weighted by atomic mass is 10.1. The summed E-state index contributed by atoms with van der Waals surface area (Å²) in [4.78, 5) is 27.4. The molecule has 1 aromatic heterocycles. The van der Waals surface area contributed by atoms with Crippen molar-refractivity contribution >= 4 is 28.3 Å². The summed E-state index contributed by atoms with van der Waals surface area (Å²) < 4.78 is 5.13. The van der Waals surface area contributed by atoms with Crippen molar-refractivity contribution in [3.8, 4) is 11.3 Å². The molecule has 1 unspecified atom stereocenters. The number of methoxy groups -OCH3 is 1. The van der Waals surface area contributed by atoms with E-state index in [0.717, 1.165) is 24.1 Å². The molecule has 1 aromatic carbocycles. The van der Waals surface area contributed by atoms with Gasteiger partial charge in [0.15, 0.2) is 5.13 Å². The fourth-order valence-electron chi connectivity index (χ4n) is 2.51. The van der Waals surface area contributed by atoms with Gasteiger partial charge in [-0.05, 0) is 24.8 Å². The fourth-order valence-corrected chi connectivity index (χ4v) is 3.23. The number of hydrogen-bond donors (Lipinski definition) is 2. The molecule has 7 heteroatoms. The van der Waals surface area contributed by atoms with Crippen LogP contribution >= 0.6 is 11.3 Å². The molecule has 2 N–H and O–H groups in total. The molecule has 1 atom stereocenters. The molecule has 0 fully saturated rings. The average molecular weight is 375 g/mol. The molecular formula is C19H25N3O3S. The van der Waals surface area contributed by atoms with Crippen molar-refractivity contribution in [2.24, 2.45) is 0 Å². The third kappa shape index (κ3) is 5.93. The Balaban J connectivity index is 1.92. The van der Waals surface area contributed by atoms with Gasteiger partial charge in [-0.15, -0.1) is 11.3 Å². The van der Waals surface area contributed by atoms with Crippen LogP contribution in [0.3, 0.4) is 0 Å². The lowest BCUT2D eigenvalue weighted by Crippen LogP contribution is -2.28. The van der Waals surface area contributed by atoms with E-state index in [0.29, 0.717) is 18.1 Å². The molecule has 0 aliphatic carbocycles. The number of anilines is 1. The maximum absolute atomic E-state index is 12.0. The minimum atomic E-state index is -0.459. The average Bonchev–Trinajstić information content (AvgIpc) is 3.08. The Labute approximate surface area is 158 Å². The second-order valence-corrected chi connectivity index (χ2v) is 6.80. The maximum Gasteiger partial charge on any atom is 0.255 e. The number of nitrogens with one attached hydrogen (secondary N) is 2. The molecular weight excluding hydrogens is 350 g/mol. The van der Waals surface area contributed by atoms with Crippen LogP contribution in [-0.2, 0) is 20.7 Å². The number of hydrogen-bond acceptors (Lipinski definition) is 5. The Morgan fingerprint density at radius 3 is 2.62 bits per heavy atom. The van der Waals surface area contributed by atoms with Gasteiger partial charge in [-0.1, -0.05) is 31.2 Å². The molecule has 2 rings (SSSR count). The van der Waals surface area contributed by atoms with E-state index in [1.54, 1.807) is 0 Å². The van der Waals surface area contributed by atoms with E-state index in [2.05, 4.69) is 27.8 Å². The van der Waals surface area contributed by atoms with Crippen molar-refractivity contribution in [1.29, 1.82) is 0 Å². The topological polar surface area (TPSA) is 80.3 Å². The number of benzene rings is 1. The van der Waals surface area contributed by atoms with E-state index >= 15 is 0 Å². The summed E-state index contributed by atoms with van der Waals surface area (Å²) in [5.41, 5.74) is 3.06. The first kappa shape index (κ1) is 20.1. The molecule has 0 aliphatic heterocycles. The number of amides is 2. The van der Waals surface area contributed by atoms with E-state index in [-0.39, 0.29) is 11.8 Å². The van der Waals surface area contributed by atoms with Gasteiger partial charge in [-0.25, -0.2) is 4.98 Å². The molecule has 0 spiro atoms. The van der Waals surface area contributed by atoms with Crippen LogP contribution in [0.2, 0.25) is 0 Å². The van der Waals surface area contributed by atoms with Gasteiger partial charge in [-0.2, -0.15) is 0 Å². The first-order chi connectivity index (χ1) is 12.5. The Morgan fingerprint density at radius 1 is 1.27 bits per heavy atom. The molecule has 0 saturated carbocycles. The highest BCUT2D eigenvalue weighted by Crippen LogP contribution is 2.25. The highest BCUT2D eigenvalue weighted by molar-refractivity contribution is 7.14. The van der Waals surface area contributed by atoms with Gasteiger partial charge in [0, 0.05) is 31.5 Å². The SMILES string of the molecule is CCC(OC)C(=O)Nc1nc(-c2ccc(CCCNC(C)=O)cc2)cs1. The van der Waals surface area contributed by atoms with Crippen LogP contribution in [0.1, 0.15) is 32.3 Å². The summed E-state index contributed by atoms with van der Waals surface area (Å²) in [6.07, 6.45) is 1.97. The van der Waals surface area contributed by atoms with Crippen LogP contribution < -0.4 is 10.6 Å². The van der Waals surface area contributed by atoms with Crippen molar-refractivity contribution in [3.05, 3.63) is 35.2 Å². The number of aromatic nitrogens is 1. The number of thiazole rings is 1. The number of ether oxygens (including phenoxy) is 1. The van der Waals surface area contributed by atoms with Crippen molar-refractivity contribution in [2.45, 2.75) is 39.2 Å². The Morgan fingerprint density at radius 2 is 2.00 bits per heavy atom. The maximum atomic E-state index is 12.0. The molecule has 2 amide bonds. The molecule has 2 aromatic rings. The highest BCUT2D eigenvalue weighted by Gasteiger charge is 2.17. The molecule has 6 nitrogen and oxygen atoms in total. The minimum absolute atomic E-state index is 0.00234. The molecule has 0 aliphatic rings. The lowest BCUT2D eigenvalue weighted by Gasteiger charge is -2.11. The normalized spacial score (nSPS) is 11.8. The van der Waals surface area contributed by atoms with Crippen LogP contribution in [0, 0.1) is 0 Å². The zero-order valence-electron chi connectivity index (χ0n) is 15.4. The lowest BCUT2D eigenvalue weighted by molar-refractivity contribution is -0.125. The highest BCUT2D eigenvalue weighted by atomic mass is 32.1. The summed E-state index contributed by atoms with van der Waals surface area (Å²) in [5.74, 6) is -0.173. The van der Waals surface area contributed by atoms with E-state index in [1.165, 1.54) is 30.9 Å². The number of carbonyl (C=O) groups excluding carboxylic acids is 2. The quantitative estimate of drug-likeness (QED) is 0.660. The molecule has 1 heterocycles. The van der Waals surface area contributed by atoms with E-state index in [1.807, 2.05) is 24.4 Å². The van der Waals surface area contributed by atoms with Crippen LogP contribution in [0.4, 0.5) is 5.13 Å². The first-order valence-electron chi connectivity index (χ1n) is 8.66. The van der Waals surface area contributed by atoms with Crippen molar-refractivity contribution in [2.75, 3.05) is 19.0 Å². The summed E-state index contributed by atoms with van der Waals surface area (Å²) >= 11 is 1.40. The van der Waals surface area contributed by atoms with Crippen LogP contribution in [0.15, 0.2) is 29.6 Å². The smallest absolute Gasteiger partial charge is 0.255 e. The largest absolute Gasteiger partial charge is 0.372 e. The summed E-state index contributed by atoms with van der Waals surface area (Å²) in [7, 11) is 1.53. The van der Waals surface area contributed by atoms with Gasteiger partial charge in [-0.3, -0.25) is 14.9 Å². The van der Waals surface area contributed by atoms with Gasteiger partial charge < -0.3 is 10.1 Å². The second-order valence-electron chi connectivity index (χ2n) is 5.94. The van der Waals surface area contributed by atoms with Crippen molar-refractivity contribution in [1.82, 2.24) is 10.3 Å². The number of aryl methyl sites for hydroxylation is 1. The third-order valence-electron chi connectivity index (χ3n) is 3.95. The van der Waals surface area contributed by atoms with Gasteiger partial charge in [0.25, 0.3) is 5.91 Å². The Hall–Kier alpha value is -2.25. The standard InChI is InChI=1S/C19H25N3O3S/c1-4-17(25-3)18(24)22-19-21-16(12-26-19)15-9-7-14(8-10-15)6-5-11-20-13(2)23/h7-10,12,17H,4-6,11H2,1-3H3,(H,20,23)(H,21,22,24). The summed E-state index contributed by atoms with van der Waals surface area (Å²) in [6, 6.07) is 8.19. The minimum Gasteiger partial charge on any atom is -0.372 e. The molecule has 0 radical (unpaired) electrons. The fraction of sp³-hybridized carbons (Fsp3) is 0.421. The molecule has 140 valence electrons. The van der Waals surface area contributed by atoms with Crippen molar-refractivity contribution < 1.29 is 14.3 Å². The van der Waals surface area contributed by atoms with Crippen molar-refractivity contribution in [3.63, 3.8) is 0 Å². The third-order valence-corrected chi connectivity index (χ3v) is 4.71. The predicted octanol–water partition coefficient (Wildman–Crippen LogP) is 3.24. The Kier molecular flexibility index (Phi) is 7.74. The van der Waals surface area contributed by atoms with E-state index in [4.69, 9.17) is 4.74 Å². The van der Waals surface area contributed by atoms with Gasteiger partial charge in [0.1, 0.15) is 6.10 Å². The van der Waals surface area contributed by atoms with E-state index < -0.39 is 6.10 Å². The van der Waals surface area contributed by atoms with Crippen LogP contribution in [-0.4, -0.2) is 36.6 Å². The number of rotatable bonds is 9. The zero-order valence-corrected chi connectivity index (χ0v) is 16.2. The predicted molar refractivity (Wildman–Crippen MR) is 104 cm³/mol. The second kappa shape index (κ2) is 10.0.